The standard InChI is InChI=1S/C20H18N4O2S/c1-12-8-10-14(11-9-12)17(25)13(2)27-20-22-21-19-23(3)18(26)15-6-4-5-7-16(15)24(19)20/h4-11,13H,1-3H3. The molecule has 4 aromatic rings. The maximum atomic E-state index is 12.8. The van der Waals surface area contributed by atoms with Crippen LogP contribution < -0.4 is 5.56 Å². The van der Waals surface area contributed by atoms with Gasteiger partial charge in [0.15, 0.2) is 10.9 Å². The van der Waals surface area contributed by atoms with Gasteiger partial charge in [-0.1, -0.05) is 53.7 Å². The molecule has 0 spiro atoms. The summed E-state index contributed by atoms with van der Waals surface area (Å²) in [6.45, 7) is 3.85. The Bertz CT molecular complexity index is 1220. The van der Waals surface area contributed by atoms with Crippen LogP contribution in [-0.4, -0.2) is 30.2 Å². The Morgan fingerprint density at radius 2 is 1.78 bits per heavy atom. The quantitative estimate of drug-likeness (QED) is 0.403. The van der Waals surface area contributed by atoms with Gasteiger partial charge in [-0.25, -0.2) is 0 Å². The Kier molecular flexibility index (Phi) is 4.31. The smallest absolute Gasteiger partial charge is 0.262 e. The first-order valence-electron chi connectivity index (χ1n) is 8.58. The number of benzene rings is 2. The number of carbonyl (C=O) groups excluding carboxylic acids is 1. The molecule has 7 heteroatoms. The molecule has 0 N–H and O–H groups in total. The van der Waals surface area contributed by atoms with Crippen molar-refractivity contribution in [1.29, 1.82) is 0 Å². The van der Waals surface area contributed by atoms with E-state index in [-0.39, 0.29) is 16.6 Å². The molecule has 27 heavy (non-hydrogen) atoms. The first-order valence-corrected chi connectivity index (χ1v) is 9.45. The minimum atomic E-state index is -0.337. The van der Waals surface area contributed by atoms with E-state index in [1.165, 1.54) is 16.3 Å². The van der Waals surface area contributed by atoms with E-state index in [0.717, 1.165) is 11.1 Å². The molecule has 2 heterocycles. The lowest BCUT2D eigenvalue weighted by Crippen LogP contribution is -2.20. The van der Waals surface area contributed by atoms with Gasteiger partial charge >= 0.3 is 0 Å². The molecule has 0 fully saturated rings. The Morgan fingerprint density at radius 3 is 2.52 bits per heavy atom. The van der Waals surface area contributed by atoms with Crippen LogP contribution in [0.5, 0.6) is 0 Å². The van der Waals surface area contributed by atoms with E-state index in [1.807, 2.05) is 60.7 Å². The van der Waals surface area contributed by atoms with Crippen LogP contribution in [0.25, 0.3) is 16.7 Å². The molecular formula is C20H18N4O2S. The topological polar surface area (TPSA) is 69.3 Å². The molecule has 2 aromatic carbocycles. The maximum Gasteiger partial charge on any atom is 0.262 e. The Hall–Kier alpha value is -2.93. The van der Waals surface area contributed by atoms with Crippen LogP contribution in [0.15, 0.2) is 58.5 Å². The lowest BCUT2D eigenvalue weighted by atomic mass is 10.1. The number of nitrogens with zero attached hydrogens (tertiary/aromatic N) is 4. The van der Waals surface area contributed by atoms with Crippen molar-refractivity contribution in [3.8, 4) is 0 Å². The monoisotopic (exact) mass is 378 g/mol. The summed E-state index contributed by atoms with van der Waals surface area (Å²) in [6.07, 6.45) is 0. The minimum absolute atomic E-state index is 0.0332. The summed E-state index contributed by atoms with van der Waals surface area (Å²) in [5.74, 6) is 0.488. The largest absolute Gasteiger partial charge is 0.293 e. The number of thioether (sulfide) groups is 1. The zero-order valence-corrected chi connectivity index (χ0v) is 16.0. The van der Waals surface area contributed by atoms with Crippen molar-refractivity contribution in [2.45, 2.75) is 24.3 Å². The molecule has 0 amide bonds. The van der Waals surface area contributed by atoms with E-state index >= 15 is 0 Å². The fourth-order valence-electron chi connectivity index (χ4n) is 3.05. The molecule has 0 aliphatic heterocycles. The zero-order chi connectivity index (χ0) is 19.1. The first-order chi connectivity index (χ1) is 13.0. The molecule has 0 aliphatic rings. The first kappa shape index (κ1) is 17.5. The van der Waals surface area contributed by atoms with Gasteiger partial charge in [-0.3, -0.25) is 18.6 Å². The van der Waals surface area contributed by atoms with Crippen molar-refractivity contribution in [2.75, 3.05) is 0 Å². The second-order valence-electron chi connectivity index (χ2n) is 6.49. The molecule has 6 nitrogen and oxygen atoms in total. The molecule has 136 valence electrons. The summed E-state index contributed by atoms with van der Waals surface area (Å²) < 4.78 is 3.31. The summed E-state index contributed by atoms with van der Waals surface area (Å²) in [4.78, 5) is 25.3. The highest BCUT2D eigenvalue weighted by molar-refractivity contribution is 8.00. The average molecular weight is 378 g/mol. The van der Waals surface area contributed by atoms with Crippen LogP contribution in [0.2, 0.25) is 0 Å². The van der Waals surface area contributed by atoms with Gasteiger partial charge in [-0.05, 0) is 26.0 Å². The third kappa shape index (κ3) is 2.94. The van der Waals surface area contributed by atoms with Crippen LogP contribution in [-0.2, 0) is 7.05 Å². The molecule has 0 aliphatic carbocycles. The molecule has 1 atom stereocenters. The van der Waals surface area contributed by atoms with Crippen molar-refractivity contribution in [1.82, 2.24) is 19.2 Å². The van der Waals surface area contributed by atoms with Crippen molar-refractivity contribution >= 4 is 34.2 Å². The number of fused-ring (bicyclic) bond motifs is 3. The van der Waals surface area contributed by atoms with Gasteiger partial charge in [0, 0.05) is 12.6 Å². The van der Waals surface area contributed by atoms with Gasteiger partial charge in [0.05, 0.1) is 16.2 Å². The van der Waals surface area contributed by atoms with Gasteiger partial charge < -0.3 is 0 Å². The molecule has 0 radical (unpaired) electrons. The van der Waals surface area contributed by atoms with E-state index in [2.05, 4.69) is 10.2 Å². The fourth-order valence-corrected chi connectivity index (χ4v) is 3.98. The Labute approximate surface area is 159 Å². The maximum absolute atomic E-state index is 12.8. The summed E-state index contributed by atoms with van der Waals surface area (Å²) in [6, 6.07) is 14.9. The highest BCUT2D eigenvalue weighted by atomic mass is 32.2. The van der Waals surface area contributed by atoms with Crippen LogP contribution in [0.4, 0.5) is 0 Å². The van der Waals surface area contributed by atoms with Gasteiger partial charge in [0.25, 0.3) is 5.56 Å². The zero-order valence-electron chi connectivity index (χ0n) is 15.2. The second kappa shape index (κ2) is 6.66. The minimum Gasteiger partial charge on any atom is -0.293 e. The van der Waals surface area contributed by atoms with E-state index in [1.54, 1.807) is 13.1 Å². The normalized spacial score (nSPS) is 12.6. The van der Waals surface area contributed by atoms with Crippen molar-refractivity contribution in [3.63, 3.8) is 0 Å². The Balaban J connectivity index is 1.77. The number of Topliss-reactive ketones (excluding diaryl/α,β-unsaturated/α-hetero) is 1. The summed E-state index contributed by atoms with van der Waals surface area (Å²) in [5, 5.41) is 9.25. The number of rotatable bonds is 4. The lowest BCUT2D eigenvalue weighted by molar-refractivity contribution is 0.0994. The molecule has 4 rings (SSSR count). The number of hydrogen-bond acceptors (Lipinski definition) is 5. The number of aromatic nitrogens is 4. The highest BCUT2D eigenvalue weighted by Crippen LogP contribution is 2.26. The number of aryl methyl sites for hydroxylation is 2. The molecule has 0 bridgehead atoms. The van der Waals surface area contributed by atoms with Crippen LogP contribution in [0, 0.1) is 6.92 Å². The summed E-state index contributed by atoms with van der Waals surface area (Å²) >= 11 is 1.34. The van der Waals surface area contributed by atoms with Crippen molar-refractivity contribution in [2.24, 2.45) is 7.05 Å². The summed E-state index contributed by atoms with van der Waals surface area (Å²) in [7, 11) is 1.67. The predicted octanol–water partition coefficient (Wildman–Crippen LogP) is 3.25. The lowest BCUT2D eigenvalue weighted by Gasteiger charge is -2.11. The van der Waals surface area contributed by atoms with Gasteiger partial charge in [-0.15, -0.1) is 10.2 Å². The number of ketones is 1. The Morgan fingerprint density at radius 1 is 1.07 bits per heavy atom. The van der Waals surface area contributed by atoms with E-state index in [4.69, 9.17) is 0 Å². The van der Waals surface area contributed by atoms with E-state index < -0.39 is 0 Å². The fraction of sp³-hybridized carbons (Fsp3) is 0.200. The molecule has 2 aromatic heterocycles. The average Bonchev–Trinajstić information content (AvgIpc) is 3.10. The second-order valence-corrected chi connectivity index (χ2v) is 7.80. The predicted molar refractivity (Wildman–Crippen MR) is 107 cm³/mol. The molecule has 1 unspecified atom stereocenters. The SMILES string of the molecule is Cc1ccc(C(=O)C(C)Sc2nnc3n(C)c(=O)c4ccccc4n23)cc1. The number of carbonyl (C=O) groups is 1. The van der Waals surface area contributed by atoms with Crippen LogP contribution >= 0.6 is 11.8 Å². The highest BCUT2D eigenvalue weighted by Gasteiger charge is 2.21. The van der Waals surface area contributed by atoms with Crippen molar-refractivity contribution < 1.29 is 4.79 Å². The van der Waals surface area contributed by atoms with Crippen molar-refractivity contribution in [3.05, 3.63) is 70.0 Å². The third-order valence-corrected chi connectivity index (χ3v) is 5.63. The summed E-state index contributed by atoms with van der Waals surface area (Å²) in [5.41, 5.74) is 2.40. The van der Waals surface area contributed by atoms with E-state index in [0.29, 0.717) is 21.9 Å². The molecular weight excluding hydrogens is 360 g/mol. The van der Waals surface area contributed by atoms with Crippen LogP contribution in [0.3, 0.4) is 0 Å². The molecule has 0 saturated heterocycles. The van der Waals surface area contributed by atoms with Gasteiger partial charge in [0.2, 0.25) is 5.78 Å². The van der Waals surface area contributed by atoms with E-state index in [9.17, 15) is 9.59 Å². The van der Waals surface area contributed by atoms with Gasteiger partial charge in [-0.2, -0.15) is 0 Å². The number of para-hydroxylation sites is 1. The van der Waals surface area contributed by atoms with Crippen LogP contribution in [0.1, 0.15) is 22.8 Å². The third-order valence-electron chi connectivity index (χ3n) is 4.58. The molecule has 0 saturated carbocycles. The number of hydrogen-bond donors (Lipinski definition) is 0. The van der Waals surface area contributed by atoms with Gasteiger partial charge in [0.1, 0.15) is 0 Å².